The fourth-order valence-electron chi connectivity index (χ4n) is 8.43. The van der Waals surface area contributed by atoms with Crippen molar-refractivity contribution in [1.29, 1.82) is 0 Å². The molecule has 0 radical (unpaired) electrons. The number of aromatic nitrogens is 4. The third-order valence-corrected chi connectivity index (χ3v) is 10.9. The van der Waals surface area contributed by atoms with Crippen molar-refractivity contribution >= 4 is 76.5 Å². The topological polar surface area (TPSA) is 69.9 Å². The van der Waals surface area contributed by atoms with E-state index < -0.39 is 0 Å². The van der Waals surface area contributed by atoms with Crippen molar-refractivity contribution in [1.82, 2.24) is 19.5 Å². The summed E-state index contributed by atoms with van der Waals surface area (Å²) in [4.78, 5) is 15.6. The van der Waals surface area contributed by atoms with Crippen LogP contribution >= 0.6 is 0 Å². The Hall–Kier alpha value is -7.57. The van der Waals surface area contributed by atoms with Gasteiger partial charge in [-0.05, 0) is 60.0 Å². The minimum atomic E-state index is 0.569. The van der Waals surface area contributed by atoms with Crippen LogP contribution < -0.4 is 0 Å². The number of hydrogen-bond acceptors (Lipinski definition) is 5. The van der Waals surface area contributed by atoms with Crippen molar-refractivity contribution in [2.45, 2.75) is 0 Å². The molecule has 0 atom stereocenters. The van der Waals surface area contributed by atoms with Gasteiger partial charge >= 0.3 is 0 Å². The van der Waals surface area contributed by atoms with Gasteiger partial charge in [-0.15, -0.1) is 0 Å². The summed E-state index contributed by atoms with van der Waals surface area (Å²) in [6, 6.07) is 58.6. The van der Waals surface area contributed by atoms with Crippen LogP contribution in [0.25, 0.3) is 116 Å². The average Bonchev–Trinajstić information content (AvgIpc) is 3.93. The zero-order valence-corrected chi connectivity index (χ0v) is 29.3. The molecule has 12 aromatic rings. The van der Waals surface area contributed by atoms with E-state index in [2.05, 4.69) is 114 Å². The molecule has 0 fully saturated rings. The van der Waals surface area contributed by atoms with Gasteiger partial charge in [0.1, 0.15) is 22.3 Å². The number of benzene rings is 8. The van der Waals surface area contributed by atoms with Crippen LogP contribution in [0, 0.1) is 0 Å². The van der Waals surface area contributed by atoms with Crippen molar-refractivity contribution in [3.05, 3.63) is 170 Å². The quantitative estimate of drug-likeness (QED) is 0.182. The number of rotatable bonds is 4. The molecule has 0 unspecified atom stereocenters. The molecule has 0 aliphatic heterocycles. The molecule has 0 aliphatic rings. The van der Waals surface area contributed by atoms with Gasteiger partial charge in [0, 0.05) is 60.1 Å². The first-order chi connectivity index (χ1) is 27.3. The summed E-state index contributed by atoms with van der Waals surface area (Å²) >= 11 is 0. The summed E-state index contributed by atoms with van der Waals surface area (Å²) in [5.74, 6) is 1.72. The highest BCUT2D eigenvalue weighted by atomic mass is 16.3. The van der Waals surface area contributed by atoms with E-state index in [9.17, 15) is 0 Å². The summed E-state index contributed by atoms with van der Waals surface area (Å²) in [5.41, 5.74) is 9.27. The largest absolute Gasteiger partial charge is 0.456 e. The fraction of sp³-hybridized carbons (Fsp3) is 0. The Bertz CT molecular complexity index is 3370. The van der Waals surface area contributed by atoms with Gasteiger partial charge in [-0.1, -0.05) is 115 Å². The summed E-state index contributed by atoms with van der Waals surface area (Å²) in [6.45, 7) is 0. The lowest BCUT2D eigenvalue weighted by Gasteiger charge is -2.12. The SMILES string of the molecule is c1ccc2c(c1)ccc1c3ccccc3n(-c3ccc(-c4nc(-c5cccc6oc7ccccc7c56)nc(-c5cccc6oc7ccccc7c56)n4)cc3)c21. The van der Waals surface area contributed by atoms with E-state index in [1.165, 1.54) is 27.1 Å². The van der Waals surface area contributed by atoms with Crippen LogP contribution in [0.5, 0.6) is 0 Å². The van der Waals surface area contributed by atoms with E-state index >= 15 is 0 Å². The molecule has 0 N–H and O–H groups in total. The maximum atomic E-state index is 6.29. The summed E-state index contributed by atoms with van der Waals surface area (Å²) in [5, 5.41) is 8.86. The number of furan rings is 2. The van der Waals surface area contributed by atoms with Crippen molar-refractivity contribution in [3.8, 4) is 39.9 Å². The Morgan fingerprint density at radius 1 is 0.364 bits per heavy atom. The number of fused-ring (bicyclic) bond motifs is 11. The molecule has 4 heterocycles. The average molecular weight is 705 g/mol. The lowest BCUT2D eigenvalue weighted by Crippen LogP contribution is -2.01. The normalized spacial score (nSPS) is 12.0. The van der Waals surface area contributed by atoms with E-state index in [4.69, 9.17) is 23.8 Å². The van der Waals surface area contributed by atoms with Crippen LogP contribution in [0.4, 0.5) is 0 Å². The molecule has 0 spiro atoms. The third-order valence-electron chi connectivity index (χ3n) is 10.9. The zero-order valence-electron chi connectivity index (χ0n) is 29.3. The minimum absolute atomic E-state index is 0.569. The second-order valence-corrected chi connectivity index (χ2v) is 13.9. The molecule has 6 nitrogen and oxygen atoms in total. The number of para-hydroxylation sites is 3. The molecule has 12 rings (SSSR count). The van der Waals surface area contributed by atoms with E-state index in [1.807, 2.05) is 60.7 Å². The van der Waals surface area contributed by atoms with Gasteiger partial charge in [0.05, 0.1) is 11.0 Å². The van der Waals surface area contributed by atoms with E-state index in [1.54, 1.807) is 0 Å². The highest BCUT2D eigenvalue weighted by Gasteiger charge is 2.21. The summed E-state index contributed by atoms with van der Waals surface area (Å²) < 4.78 is 15.0. The molecule has 0 amide bonds. The standard InChI is InChI=1S/C49H28N4O2/c1-2-12-32-29(11-1)25-28-34-33-13-3-6-18-39(33)53(46(32)34)31-26-23-30(24-27-31)47-50-48(37-16-9-21-42-44(37)35-14-4-7-19-40(35)54-42)52-49(51-47)38-17-10-22-43-45(38)36-15-5-8-20-41(36)55-43/h1-28H. The first-order valence-electron chi connectivity index (χ1n) is 18.4. The second kappa shape index (κ2) is 11.5. The molecule has 55 heavy (non-hydrogen) atoms. The molecule has 8 aromatic carbocycles. The zero-order chi connectivity index (χ0) is 36.0. The third kappa shape index (κ3) is 4.46. The van der Waals surface area contributed by atoms with Crippen LogP contribution in [0.15, 0.2) is 179 Å². The van der Waals surface area contributed by atoms with Crippen LogP contribution in [0.3, 0.4) is 0 Å². The molecule has 4 aromatic heterocycles. The van der Waals surface area contributed by atoms with Crippen LogP contribution in [0.2, 0.25) is 0 Å². The van der Waals surface area contributed by atoms with Gasteiger partial charge in [0.2, 0.25) is 0 Å². The van der Waals surface area contributed by atoms with Crippen LogP contribution in [0.1, 0.15) is 0 Å². The molecule has 0 bridgehead atoms. The van der Waals surface area contributed by atoms with Crippen molar-refractivity contribution in [2.75, 3.05) is 0 Å². The molecule has 0 saturated heterocycles. The van der Waals surface area contributed by atoms with Gasteiger partial charge in [-0.3, -0.25) is 0 Å². The Balaban J connectivity index is 1.09. The van der Waals surface area contributed by atoms with Gasteiger partial charge in [0.25, 0.3) is 0 Å². The Kier molecular flexibility index (Phi) is 6.24. The fourth-order valence-corrected chi connectivity index (χ4v) is 8.43. The lowest BCUT2D eigenvalue weighted by atomic mass is 10.0. The molecular formula is C49H28N4O2. The highest BCUT2D eigenvalue weighted by Crippen LogP contribution is 2.40. The predicted molar refractivity (Wildman–Crippen MR) is 223 cm³/mol. The van der Waals surface area contributed by atoms with E-state index in [0.717, 1.165) is 71.8 Å². The molecule has 256 valence electrons. The molecular weight excluding hydrogens is 677 g/mol. The van der Waals surface area contributed by atoms with Gasteiger partial charge in [0.15, 0.2) is 17.5 Å². The lowest BCUT2D eigenvalue weighted by molar-refractivity contribution is 0.668. The smallest absolute Gasteiger partial charge is 0.164 e. The minimum Gasteiger partial charge on any atom is -0.456 e. The maximum absolute atomic E-state index is 6.29. The highest BCUT2D eigenvalue weighted by molar-refractivity contribution is 6.19. The van der Waals surface area contributed by atoms with Crippen LogP contribution in [-0.2, 0) is 0 Å². The van der Waals surface area contributed by atoms with Gasteiger partial charge in [-0.2, -0.15) is 0 Å². The maximum Gasteiger partial charge on any atom is 0.164 e. The molecule has 0 saturated carbocycles. The monoisotopic (exact) mass is 704 g/mol. The summed E-state index contributed by atoms with van der Waals surface area (Å²) in [6.07, 6.45) is 0. The Morgan fingerprint density at radius 3 is 1.55 bits per heavy atom. The Morgan fingerprint density at radius 2 is 0.891 bits per heavy atom. The van der Waals surface area contributed by atoms with Gasteiger partial charge < -0.3 is 13.4 Å². The first-order valence-corrected chi connectivity index (χ1v) is 18.4. The molecule has 0 aliphatic carbocycles. The predicted octanol–water partition coefficient (Wildman–Crippen LogP) is 12.9. The first kappa shape index (κ1) is 29.9. The van der Waals surface area contributed by atoms with Crippen molar-refractivity contribution in [3.63, 3.8) is 0 Å². The van der Waals surface area contributed by atoms with E-state index in [-0.39, 0.29) is 0 Å². The summed E-state index contributed by atoms with van der Waals surface area (Å²) in [7, 11) is 0. The van der Waals surface area contributed by atoms with Crippen molar-refractivity contribution in [2.24, 2.45) is 0 Å². The second-order valence-electron chi connectivity index (χ2n) is 13.9. The Labute approximate surface area is 313 Å². The van der Waals surface area contributed by atoms with Crippen molar-refractivity contribution < 1.29 is 8.83 Å². The number of hydrogen-bond donors (Lipinski definition) is 0. The van der Waals surface area contributed by atoms with Crippen LogP contribution in [-0.4, -0.2) is 19.5 Å². The van der Waals surface area contributed by atoms with Gasteiger partial charge in [-0.25, -0.2) is 15.0 Å². The molecule has 6 heteroatoms. The number of nitrogens with zero attached hydrogens (tertiary/aromatic N) is 4. The van der Waals surface area contributed by atoms with E-state index in [0.29, 0.717) is 17.5 Å².